The molecule has 4 nitrogen and oxygen atoms in total. The molecule has 2 aromatic rings. The lowest BCUT2D eigenvalue weighted by atomic mass is 10.0. The fraction of sp³-hybridized carbons (Fsp3) is 0.333. The van der Waals surface area contributed by atoms with Gasteiger partial charge in [-0.05, 0) is 24.1 Å². The smallest absolute Gasteiger partial charge is 0.310 e. The summed E-state index contributed by atoms with van der Waals surface area (Å²) < 4.78 is 4.73. The summed E-state index contributed by atoms with van der Waals surface area (Å²) in [4.78, 5) is 25.7. The van der Waals surface area contributed by atoms with Crippen LogP contribution in [0.3, 0.4) is 0 Å². The summed E-state index contributed by atoms with van der Waals surface area (Å²) in [5.41, 5.74) is 2.62. The Bertz CT molecular complexity index is 648. The van der Waals surface area contributed by atoms with Gasteiger partial charge in [0.25, 0.3) is 0 Å². The van der Waals surface area contributed by atoms with Gasteiger partial charge in [0.15, 0.2) is 0 Å². The highest BCUT2D eigenvalue weighted by molar-refractivity contribution is 6.31. The van der Waals surface area contributed by atoms with Gasteiger partial charge >= 0.3 is 5.97 Å². The van der Waals surface area contributed by atoms with Gasteiger partial charge in [0.1, 0.15) is 6.29 Å². The first-order chi connectivity index (χ1) is 9.55. The molecule has 0 bridgehead atoms. The first-order valence-electron chi connectivity index (χ1n) is 6.36. The normalized spacial score (nSPS) is 12.3. The molecule has 5 heteroatoms. The highest BCUT2D eigenvalue weighted by Gasteiger charge is 2.17. The van der Waals surface area contributed by atoms with Crippen LogP contribution >= 0.6 is 11.6 Å². The van der Waals surface area contributed by atoms with E-state index >= 15 is 0 Å². The standard InChI is InChI=1S/C15H16ClNO3/c1-9(8-18)5-13-12(7-15(19)20-2)11-4-3-10(16)6-14(11)17-13/h3-4,6,8-9,17H,5,7H2,1-2H3. The van der Waals surface area contributed by atoms with Crippen molar-refractivity contribution < 1.29 is 14.3 Å². The molecule has 1 heterocycles. The van der Waals surface area contributed by atoms with Crippen molar-refractivity contribution in [2.24, 2.45) is 5.92 Å². The van der Waals surface area contributed by atoms with E-state index in [2.05, 4.69) is 4.98 Å². The SMILES string of the molecule is COC(=O)Cc1c(CC(C)C=O)[nH]c2cc(Cl)ccc12. The van der Waals surface area contributed by atoms with E-state index in [9.17, 15) is 9.59 Å². The van der Waals surface area contributed by atoms with Crippen LogP contribution in [0.15, 0.2) is 18.2 Å². The van der Waals surface area contributed by atoms with Gasteiger partial charge in [0.2, 0.25) is 0 Å². The molecule has 1 N–H and O–H groups in total. The molecule has 0 aliphatic heterocycles. The number of H-pyrrole nitrogens is 1. The molecule has 2 rings (SSSR count). The summed E-state index contributed by atoms with van der Waals surface area (Å²) in [7, 11) is 1.36. The number of hydrogen-bond donors (Lipinski definition) is 1. The molecular formula is C15H16ClNO3. The van der Waals surface area contributed by atoms with E-state index in [1.54, 1.807) is 6.07 Å². The van der Waals surface area contributed by atoms with Gasteiger partial charge in [0.05, 0.1) is 13.5 Å². The number of ether oxygens (including phenoxy) is 1. The van der Waals surface area contributed by atoms with Crippen LogP contribution in [-0.4, -0.2) is 24.3 Å². The summed E-state index contributed by atoms with van der Waals surface area (Å²) in [6.07, 6.45) is 1.64. The molecule has 1 aromatic carbocycles. The average molecular weight is 294 g/mol. The third-order valence-corrected chi connectivity index (χ3v) is 3.50. The van der Waals surface area contributed by atoms with Crippen LogP contribution in [0.1, 0.15) is 18.2 Å². The number of esters is 1. The minimum Gasteiger partial charge on any atom is -0.469 e. The van der Waals surface area contributed by atoms with Crippen molar-refractivity contribution in [3.8, 4) is 0 Å². The minimum atomic E-state index is -0.305. The molecule has 0 fully saturated rings. The second-order valence-corrected chi connectivity index (χ2v) is 5.28. The Balaban J connectivity index is 2.49. The Labute approximate surface area is 122 Å². The number of carbonyl (C=O) groups is 2. The molecule has 0 aliphatic carbocycles. The Hall–Kier alpha value is -1.81. The molecule has 106 valence electrons. The first kappa shape index (κ1) is 14.6. The number of halogens is 1. The molecule has 0 radical (unpaired) electrons. The van der Waals surface area contributed by atoms with Crippen molar-refractivity contribution in [2.45, 2.75) is 19.8 Å². The van der Waals surface area contributed by atoms with Crippen molar-refractivity contribution in [1.29, 1.82) is 0 Å². The van der Waals surface area contributed by atoms with E-state index in [1.807, 2.05) is 19.1 Å². The predicted molar refractivity (Wildman–Crippen MR) is 78.0 cm³/mol. The number of aromatic nitrogens is 1. The van der Waals surface area contributed by atoms with Gasteiger partial charge in [-0.25, -0.2) is 0 Å². The molecule has 0 amide bonds. The molecule has 0 aliphatic rings. The zero-order chi connectivity index (χ0) is 14.7. The van der Waals surface area contributed by atoms with Crippen molar-refractivity contribution in [3.05, 3.63) is 34.5 Å². The van der Waals surface area contributed by atoms with Crippen LogP contribution in [0, 0.1) is 5.92 Å². The predicted octanol–water partition coefficient (Wildman–Crippen LogP) is 2.91. The van der Waals surface area contributed by atoms with Crippen LogP contribution in [-0.2, 0) is 27.2 Å². The maximum Gasteiger partial charge on any atom is 0.310 e. The maximum absolute atomic E-state index is 11.6. The number of hydrogen-bond acceptors (Lipinski definition) is 3. The van der Waals surface area contributed by atoms with Crippen LogP contribution in [0.25, 0.3) is 10.9 Å². The number of nitrogens with one attached hydrogen (secondary N) is 1. The second kappa shape index (κ2) is 6.09. The Kier molecular flexibility index (Phi) is 4.45. The molecule has 1 aromatic heterocycles. The lowest BCUT2D eigenvalue weighted by Gasteiger charge is -2.05. The average Bonchev–Trinajstić information content (AvgIpc) is 2.75. The lowest BCUT2D eigenvalue weighted by Crippen LogP contribution is -2.08. The Morgan fingerprint density at radius 1 is 1.50 bits per heavy atom. The van der Waals surface area contributed by atoms with Crippen LogP contribution in [0.4, 0.5) is 0 Å². The molecule has 0 spiro atoms. The fourth-order valence-corrected chi connectivity index (χ4v) is 2.42. The second-order valence-electron chi connectivity index (χ2n) is 4.84. The van der Waals surface area contributed by atoms with Crippen molar-refractivity contribution in [1.82, 2.24) is 4.98 Å². The highest BCUT2D eigenvalue weighted by Crippen LogP contribution is 2.27. The third-order valence-electron chi connectivity index (χ3n) is 3.26. The molecule has 20 heavy (non-hydrogen) atoms. The first-order valence-corrected chi connectivity index (χ1v) is 6.74. The Morgan fingerprint density at radius 2 is 2.25 bits per heavy atom. The zero-order valence-corrected chi connectivity index (χ0v) is 12.2. The monoisotopic (exact) mass is 293 g/mol. The summed E-state index contributed by atoms with van der Waals surface area (Å²) in [5.74, 6) is -0.421. The van der Waals surface area contributed by atoms with Crippen molar-refractivity contribution >= 4 is 34.8 Å². The van der Waals surface area contributed by atoms with Crippen molar-refractivity contribution in [2.75, 3.05) is 7.11 Å². The topological polar surface area (TPSA) is 59.2 Å². The molecule has 1 unspecified atom stereocenters. The third kappa shape index (κ3) is 3.02. The van der Waals surface area contributed by atoms with E-state index in [0.29, 0.717) is 11.4 Å². The molecule has 0 saturated carbocycles. The van der Waals surface area contributed by atoms with E-state index in [1.165, 1.54) is 7.11 Å². The highest BCUT2D eigenvalue weighted by atomic mass is 35.5. The summed E-state index contributed by atoms with van der Waals surface area (Å²) >= 11 is 5.98. The number of benzene rings is 1. The summed E-state index contributed by atoms with van der Waals surface area (Å²) in [5, 5.41) is 1.56. The van der Waals surface area contributed by atoms with Crippen LogP contribution < -0.4 is 0 Å². The quantitative estimate of drug-likeness (QED) is 0.681. The van der Waals surface area contributed by atoms with Crippen LogP contribution in [0.2, 0.25) is 5.02 Å². The number of methoxy groups -OCH3 is 1. The molecule has 0 saturated heterocycles. The summed E-state index contributed by atoms with van der Waals surface area (Å²) in [6.45, 7) is 1.84. The summed E-state index contributed by atoms with van der Waals surface area (Å²) in [6, 6.07) is 5.47. The fourth-order valence-electron chi connectivity index (χ4n) is 2.25. The van der Waals surface area contributed by atoms with E-state index in [0.717, 1.165) is 28.4 Å². The van der Waals surface area contributed by atoms with E-state index in [4.69, 9.17) is 16.3 Å². The number of fused-ring (bicyclic) bond motifs is 1. The number of aldehydes is 1. The van der Waals surface area contributed by atoms with Gasteiger partial charge < -0.3 is 14.5 Å². The van der Waals surface area contributed by atoms with E-state index in [-0.39, 0.29) is 18.3 Å². The Morgan fingerprint density at radius 3 is 2.90 bits per heavy atom. The number of carbonyl (C=O) groups excluding carboxylic acids is 2. The van der Waals surface area contributed by atoms with Gasteiger partial charge in [-0.2, -0.15) is 0 Å². The number of rotatable bonds is 5. The molecule has 1 atom stereocenters. The van der Waals surface area contributed by atoms with Gasteiger partial charge in [-0.1, -0.05) is 24.6 Å². The largest absolute Gasteiger partial charge is 0.469 e. The maximum atomic E-state index is 11.6. The number of aromatic amines is 1. The minimum absolute atomic E-state index is 0.116. The van der Waals surface area contributed by atoms with Crippen LogP contribution in [0.5, 0.6) is 0 Å². The van der Waals surface area contributed by atoms with E-state index < -0.39 is 0 Å². The van der Waals surface area contributed by atoms with Gasteiger partial charge in [-0.3, -0.25) is 4.79 Å². The van der Waals surface area contributed by atoms with Gasteiger partial charge in [0, 0.05) is 27.5 Å². The molecular weight excluding hydrogens is 278 g/mol. The van der Waals surface area contributed by atoms with Crippen molar-refractivity contribution in [3.63, 3.8) is 0 Å². The lowest BCUT2D eigenvalue weighted by molar-refractivity contribution is -0.139. The zero-order valence-electron chi connectivity index (χ0n) is 11.4. The van der Waals surface area contributed by atoms with Gasteiger partial charge in [-0.15, -0.1) is 0 Å².